The largest absolute Gasteiger partial charge is 0.491 e. The van der Waals surface area contributed by atoms with Crippen molar-refractivity contribution in [2.75, 3.05) is 15.9 Å². The number of hydrogen-bond acceptors (Lipinski definition) is 4. The Morgan fingerprint density at radius 1 is 0.871 bits per heavy atom. The third kappa shape index (κ3) is 6.76. The predicted molar refractivity (Wildman–Crippen MR) is 128 cm³/mol. The van der Waals surface area contributed by atoms with Gasteiger partial charge in [-0.2, -0.15) is 0 Å². The standard InChI is InChI=1S/C25H30N2O3S/c1-19(2)30-23-15-13-22(14-16-23)18-27(17-21-9-6-5-7-10-21)25-12-8-11-24(20(25)3)26-31(4,28)29/h5-16,19,26H,17-18H2,1-4H3. The Bertz CT molecular complexity index is 1100. The Morgan fingerprint density at radius 2 is 1.48 bits per heavy atom. The quantitative estimate of drug-likeness (QED) is 0.489. The first kappa shape index (κ1) is 22.7. The molecular weight excluding hydrogens is 408 g/mol. The lowest BCUT2D eigenvalue weighted by Crippen LogP contribution is -2.23. The van der Waals surface area contributed by atoms with Crippen molar-refractivity contribution >= 4 is 21.4 Å². The summed E-state index contributed by atoms with van der Waals surface area (Å²) in [5.74, 6) is 0.851. The first-order chi connectivity index (χ1) is 14.7. The molecule has 0 radical (unpaired) electrons. The van der Waals surface area contributed by atoms with Crippen LogP contribution in [0.2, 0.25) is 0 Å². The summed E-state index contributed by atoms with van der Waals surface area (Å²) < 4.78 is 32.0. The smallest absolute Gasteiger partial charge is 0.229 e. The second-order valence-electron chi connectivity index (χ2n) is 7.98. The van der Waals surface area contributed by atoms with Gasteiger partial charge in [0, 0.05) is 18.8 Å². The van der Waals surface area contributed by atoms with Gasteiger partial charge < -0.3 is 9.64 Å². The summed E-state index contributed by atoms with van der Waals surface area (Å²) in [5.41, 5.74) is 4.80. The number of hydrogen-bond donors (Lipinski definition) is 1. The second kappa shape index (κ2) is 9.88. The molecule has 164 valence electrons. The Hall–Kier alpha value is -2.99. The second-order valence-corrected chi connectivity index (χ2v) is 9.72. The molecule has 5 nitrogen and oxygen atoms in total. The molecule has 0 fully saturated rings. The maximum atomic E-state index is 11.8. The number of ether oxygens (including phenoxy) is 1. The number of benzene rings is 3. The molecule has 0 aromatic heterocycles. The Kier molecular flexibility index (Phi) is 7.23. The van der Waals surface area contributed by atoms with E-state index in [2.05, 4.69) is 33.9 Å². The van der Waals surface area contributed by atoms with Crippen LogP contribution in [0.5, 0.6) is 5.75 Å². The lowest BCUT2D eigenvalue weighted by atomic mass is 10.1. The van der Waals surface area contributed by atoms with E-state index in [1.54, 1.807) is 6.07 Å². The van der Waals surface area contributed by atoms with Crippen LogP contribution in [-0.2, 0) is 23.1 Å². The van der Waals surface area contributed by atoms with Crippen LogP contribution in [-0.4, -0.2) is 20.8 Å². The van der Waals surface area contributed by atoms with Gasteiger partial charge in [-0.05, 0) is 61.7 Å². The highest BCUT2D eigenvalue weighted by Crippen LogP contribution is 2.30. The summed E-state index contributed by atoms with van der Waals surface area (Å²) in [6.07, 6.45) is 1.30. The van der Waals surface area contributed by atoms with Gasteiger partial charge in [0.1, 0.15) is 5.75 Å². The van der Waals surface area contributed by atoms with Crippen molar-refractivity contribution in [3.05, 3.63) is 89.5 Å². The van der Waals surface area contributed by atoms with Crippen LogP contribution in [0.25, 0.3) is 0 Å². The molecule has 31 heavy (non-hydrogen) atoms. The average molecular weight is 439 g/mol. The molecule has 6 heteroatoms. The van der Waals surface area contributed by atoms with Crippen molar-refractivity contribution in [1.82, 2.24) is 0 Å². The minimum Gasteiger partial charge on any atom is -0.491 e. The topological polar surface area (TPSA) is 58.6 Å². The van der Waals surface area contributed by atoms with Crippen molar-refractivity contribution in [2.45, 2.75) is 40.0 Å². The van der Waals surface area contributed by atoms with Crippen LogP contribution in [0.1, 0.15) is 30.5 Å². The lowest BCUT2D eigenvalue weighted by molar-refractivity contribution is 0.242. The Morgan fingerprint density at radius 3 is 2.06 bits per heavy atom. The van der Waals surface area contributed by atoms with Crippen LogP contribution in [0.4, 0.5) is 11.4 Å². The zero-order valence-corrected chi connectivity index (χ0v) is 19.3. The van der Waals surface area contributed by atoms with Gasteiger partial charge in [-0.25, -0.2) is 8.42 Å². The SMILES string of the molecule is Cc1c(NS(C)(=O)=O)cccc1N(Cc1ccccc1)Cc1ccc(OC(C)C)cc1. The summed E-state index contributed by atoms with van der Waals surface area (Å²) in [6, 6.07) is 24.1. The first-order valence-electron chi connectivity index (χ1n) is 10.3. The fourth-order valence-electron chi connectivity index (χ4n) is 3.47. The highest BCUT2D eigenvalue weighted by Gasteiger charge is 2.15. The number of anilines is 2. The summed E-state index contributed by atoms with van der Waals surface area (Å²) in [7, 11) is -3.36. The summed E-state index contributed by atoms with van der Waals surface area (Å²) in [6.45, 7) is 7.35. The summed E-state index contributed by atoms with van der Waals surface area (Å²) in [5, 5.41) is 0. The molecule has 3 aromatic carbocycles. The fraction of sp³-hybridized carbons (Fsp3) is 0.280. The van der Waals surface area contributed by atoms with Gasteiger partial charge in [0.2, 0.25) is 10.0 Å². The normalized spacial score (nSPS) is 11.4. The van der Waals surface area contributed by atoms with Crippen LogP contribution in [0.15, 0.2) is 72.8 Å². The van der Waals surface area contributed by atoms with Gasteiger partial charge in [-0.3, -0.25) is 4.72 Å². The number of rotatable bonds is 9. The van der Waals surface area contributed by atoms with E-state index < -0.39 is 10.0 Å². The molecule has 0 aliphatic carbocycles. The number of nitrogens with one attached hydrogen (secondary N) is 1. The zero-order valence-electron chi connectivity index (χ0n) is 18.5. The van der Waals surface area contributed by atoms with Crippen molar-refractivity contribution in [3.63, 3.8) is 0 Å². The highest BCUT2D eigenvalue weighted by molar-refractivity contribution is 7.92. The molecule has 1 N–H and O–H groups in total. The van der Waals surface area contributed by atoms with E-state index in [0.29, 0.717) is 18.8 Å². The van der Waals surface area contributed by atoms with Crippen molar-refractivity contribution in [2.24, 2.45) is 0 Å². The average Bonchev–Trinajstić information content (AvgIpc) is 2.70. The Labute approximate surface area is 185 Å². The van der Waals surface area contributed by atoms with E-state index >= 15 is 0 Å². The maximum absolute atomic E-state index is 11.8. The maximum Gasteiger partial charge on any atom is 0.229 e. The summed E-state index contributed by atoms with van der Waals surface area (Å²) in [4.78, 5) is 2.26. The molecule has 0 amide bonds. The molecular formula is C25H30N2O3S. The van der Waals surface area contributed by atoms with E-state index in [-0.39, 0.29) is 6.10 Å². The van der Waals surface area contributed by atoms with Crippen molar-refractivity contribution < 1.29 is 13.2 Å². The molecule has 0 saturated heterocycles. The minimum atomic E-state index is -3.36. The van der Waals surface area contributed by atoms with Crippen molar-refractivity contribution in [3.8, 4) is 5.75 Å². The van der Waals surface area contributed by atoms with Gasteiger partial charge in [0.05, 0.1) is 18.0 Å². The highest BCUT2D eigenvalue weighted by atomic mass is 32.2. The molecule has 0 saturated carbocycles. The fourth-order valence-corrected chi connectivity index (χ4v) is 4.09. The van der Waals surface area contributed by atoms with E-state index in [0.717, 1.165) is 22.6 Å². The van der Waals surface area contributed by atoms with Gasteiger partial charge in [0.25, 0.3) is 0 Å². The van der Waals surface area contributed by atoms with Crippen LogP contribution in [0, 0.1) is 6.92 Å². The van der Waals surface area contributed by atoms with Crippen LogP contribution in [0.3, 0.4) is 0 Å². The molecule has 0 atom stereocenters. The van der Waals surface area contributed by atoms with Gasteiger partial charge in [0.15, 0.2) is 0 Å². The van der Waals surface area contributed by atoms with Gasteiger partial charge in [-0.1, -0.05) is 48.5 Å². The van der Waals surface area contributed by atoms with E-state index in [9.17, 15) is 8.42 Å². The van der Waals surface area contributed by atoms with E-state index in [1.807, 2.05) is 63.2 Å². The van der Waals surface area contributed by atoms with E-state index in [4.69, 9.17) is 4.74 Å². The van der Waals surface area contributed by atoms with E-state index in [1.165, 1.54) is 11.8 Å². The lowest BCUT2D eigenvalue weighted by Gasteiger charge is -2.28. The minimum absolute atomic E-state index is 0.133. The molecule has 3 aromatic rings. The van der Waals surface area contributed by atoms with Gasteiger partial charge >= 0.3 is 0 Å². The first-order valence-corrected chi connectivity index (χ1v) is 12.2. The molecule has 0 aliphatic rings. The summed E-state index contributed by atoms with van der Waals surface area (Å²) >= 11 is 0. The third-order valence-corrected chi connectivity index (χ3v) is 5.42. The monoisotopic (exact) mass is 438 g/mol. The van der Waals surface area contributed by atoms with Crippen LogP contribution < -0.4 is 14.4 Å². The molecule has 3 rings (SSSR count). The third-order valence-electron chi connectivity index (χ3n) is 4.83. The number of sulfonamides is 1. The van der Waals surface area contributed by atoms with Crippen molar-refractivity contribution in [1.29, 1.82) is 0 Å². The Balaban J connectivity index is 1.93. The molecule has 0 aliphatic heterocycles. The molecule has 0 heterocycles. The number of nitrogens with zero attached hydrogens (tertiary/aromatic N) is 1. The zero-order chi connectivity index (χ0) is 22.4. The predicted octanol–water partition coefficient (Wildman–Crippen LogP) is 5.36. The van der Waals surface area contributed by atoms with Crippen LogP contribution >= 0.6 is 0 Å². The molecule has 0 spiro atoms. The molecule has 0 bridgehead atoms. The molecule has 0 unspecified atom stereocenters. The van der Waals surface area contributed by atoms with Gasteiger partial charge in [-0.15, -0.1) is 0 Å².